The molecule has 0 spiro atoms. The summed E-state index contributed by atoms with van der Waals surface area (Å²) >= 11 is 0. The van der Waals surface area contributed by atoms with E-state index >= 15 is 0 Å². The Morgan fingerprint density at radius 1 is 1.42 bits per heavy atom. The summed E-state index contributed by atoms with van der Waals surface area (Å²) in [4.78, 5) is 18.5. The SMILES string of the molecule is CCNCC1CCN(C(=O)CCc2nc(-c3ccco3)no2)CC1. The average Bonchev–Trinajstić information content (AvgIpc) is 3.29. The van der Waals surface area contributed by atoms with Gasteiger partial charge in [0.2, 0.25) is 17.6 Å². The molecule has 2 aromatic heterocycles. The van der Waals surface area contributed by atoms with Gasteiger partial charge in [-0.15, -0.1) is 0 Å². The molecule has 0 aliphatic carbocycles. The molecule has 7 heteroatoms. The Hall–Kier alpha value is -2.15. The standard InChI is InChI=1S/C17H24N4O3/c1-2-18-12-13-7-9-21(10-8-13)16(22)6-5-15-19-17(20-24-15)14-4-3-11-23-14/h3-4,11,13,18H,2,5-10,12H2,1H3. The van der Waals surface area contributed by atoms with Crippen LogP contribution in [0.3, 0.4) is 0 Å². The molecule has 24 heavy (non-hydrogen) atoms. The minimum atomic E-state index is 0.162. The van der Waals surface area contributed by atoms with E-state index in [1.54, 1.807) is 18.4 Å². The summed E-state index contributed by atoms with van der Waals surface area (Å²) in [6.07, 6.45) is 4.57. The van der Waals surface area contributed by atoms with Crippen LogP contribution in [0.2, 0.25) is 0 Å². The number of hydrogen-bond acceptors (Lipinski definition) is 6. The van der Waals surface area contributed by atoms with Crippen molar-refractivity contribution >= 4 is 5.91 Å². The second-order valence-electron chi connectivity index (χ2n) is 6.12. The zero-order valence-electron chi connectivity index (χ0n) is 14.0. The van der Waals surface area contributed by atoms with Crippen molar-refractivity contribution in [3.05, 3.63) is 24.3 Å². The van der Waals surface area contributed by atoms with Crippen LogP contribution in [0, 0.1) is 5.92 Å². The Kier molecular flexibility index (Phi) is 5.63. The second kappa shape index (κ2) is 8.10. The number of piperidine rings is 1. The molecule has 3 rings (SSSR count). The zero-order chi connectivity index (χ0) is 16.8. The maximum atomic E-state index is 12.3. The van der Waals surface area contributed by atoms with Crippen LogP contribution < -0.4 is 5.32 Å². The van der Waals surface area contributed by atoms with E-state index in [1.165, 1.54) is 0 Å². The smallest absolute Gasteiger partial charge is 0.238 e. The number of carbonyl (C=O) groups is 1. The van der Waals surface area contributed by atoms with Crippen molar-refractivity contribution in [2.75, 3.05) is 26.2 Å². The molecular weight excluding hydrogens is 308 g/mol. The van der Waals surface area contributed by atoms with Gasteiger partial charge in [0.25, 0.3) is 0 Å². The van der Waals surface area contributed by atoms with Crippen molar-refractivity contribution in [1.29, 1.82) is 0 Å². The van der Waals surface area contributed by atoms with Gasteiger partial charge in [-0.2, -0.15) is 4.98 Å². The van der Waals surface area contributed by atoms with Crippen molar-refractivity contribution in [3.8, 4) is 11.6 Å². The minimum Gasteiger partial charge on any atom is -0.461 e. The van der Waals surface area contributed by atoms with Gasteiger partial charge in [-0.05, 0) is 44.0 Å². The molecule has 1 saturated heterocycles. The van der Waals surface area contributed by atoms with Crippen molar-refractivity contribution < 1.29 is 13.7 Å². The number of hydrogen-bond donors (Lipinski definition) is 1. The van der Waals surface area contributed by atoms with E-state index in [4.69, 9.17) is 8.94 Å². The van der Waals surface area contributed by atoms with Crippen molar-refractivity contribution in [2.45, 2.75) is 32.6 Å². The molecule has 1 aliphatic rings. The minimum absolute atomic E-state index is 0.162. The van der Waals surface area contributed by atoms with Gasteiger partial charge in [0.15, 0.2) is 5.76 Å². The quantitative estimate of drug-likeness (QED) is 0.836. The number of aryl methyl sites for hydroxylation is 1. The lowest BCUT2D eigenvalue weighted by Gasteiger charge is -2.32. The molecule has 1 amide bonds. The maximum Gasteiger partial charge on any atom is 0.238 e. The lowest BCUT2D eigenvalue weighted by molar-refractivity contribution is -0.132. The molecule has 7 nitrogen and oxygen atoms in total. The lowest BCUT2D eigenvalue weighted by atomic mass is 9.96. The van der Waals surface area contributed by atoms with E-state index in [1.807, 2.05) is 4.90 Å². The normalized spacial score (nSPS) is 15.8. The number of nitrogens with one attached hydrogen (secondary N) is 1. The molecule has 0 aromatic carbocycles. The van der Waals surface area contributed by atoms with Gasteiger partial charge in [-0.3, -0.25) is 4.79 Å². The predicted octanol–water partition coefficient (Wildman–Crippen LogP) is 2.11. The molecule has 1 N–H and O–H groups in total. The first-order valence-electron chi connectivity index (χ1n) is 8.61. The van der Waals surface area contributed by atoms with Crippen LogP contribution in [-0.4, -0.2) is 47.1 Å². The van der Waals surface area contributed by atoms with Crippen LogP contribution in [0.4, 0.5) is 0 Å². The van der Waals surface area contributed by atoms with Gasteiger partial charge < -0.3 is 19.2 Å². The monoisotopic (exact) mass is 332 g/mol. The number of rotatable bonds is 7. The summed E-state index contributed by atoms with van der Waals surface area (Å²) in [5.41, 5.74) is 0. The van der Waals surface area contributed by atoms with E-state index in [9.17, 15) is 4.79 Å². The van der Waals surface area contributed by atoms with Crippen molar-refractivity contribution in [2.24, 2.45) is 5.92 Å². The Balaban J connectivity index is 1.43. The second-order valence-corrected chi connectivity index (χ2v) is 6.12. The van der Waals surface area contributed by atoms with Crippen LogP contribution in [0.1, 0.15) is 32.1 Å². The number of likely N-dealkylation sites (tertiary alicyclic amines) is 1. The van der Waals surface area contributed by atoms with Crippen molar-refractivity contribution in [3.63, 3.8) is 0 Å². The first kappa shape index (κ1) is 16.7. The number of carbonyl (C=O) groups excluding carboxylic acids is 1. The summed E-state index contributed by atoms with van der Waals surface area (Å²) in [5.74, 6) is 2.30. The number of amides is 1. The van der Waals surface area contributed by atoms with Gasteiger partial charge in [-0.1, -0.05) is 12.1 Å². The molecule has 0 unspecified atom stereocenters. The highest BCUT2D eigenvalue weighted by atomic mass is 16.5. The van der Waals surface area contributed by atoms with E-state index in [2.05, 4.69) is 22.4 Å². The van der Waals surface area contributed by atoms with Crippen LogP contribution >= 0.6 is 0 Å². The topological polar surface area (TPSA) is 84.4 Å². The lowest BCUT2D eigenvalue weighted by Crippen LogP contribution is -2.40. The molecule has 1 aliphatic heterocycles. The maximum absolute atomic E-state index is 12.3. The van der Waals surface area contributed by atoms with Gasteiger partial charge in [-0.25, -0.2) is 0 Å². The van der Waals surface area contributed by atoms with E-state index < -0.39 is 0 Å². The average molecular weight is 332 g/mol. The molecule has 0 bridgehead atoms. The largest absolute Gasteiger partial charge is 0.461 e. The fourth-order valence-electron chi connectivity index (χ4n) is 2.97. The Bertz CT molecular complexity index is 630. The molecule has 0 saturated carbocycles. The highest BCUT2D eigenvalue weighted by Gasteiger charge is 2.22. The summed E-state index contributed by atoms with van der Waals surface area (Å²) < 4.78 is 10.4. The Morgan fingerprint density at radius 2 is 2.25 bits per heavy atom. The molecule has 0 atom stereocenters. The molecule has 3 heterocycles. The molecule has 2 aromatic rings. The van der Waals surface area contributed by atoms with Gasteiger partial charge in [0.1, 0.15) is 0 Å². The fourth-order valence-corrected chi connectivity index (χ4v) is 2.97. The summed E-state index contributed by atoms with van der Waals surface area (Å²) in [7, 11) is 0. The third-order valence-corrected chi connectivity index (χ3v) is 4.41. The van der Waals surface area contributed by atoms with Crippen LogP contribution in [0.15, 0.2) is 27.3 Å². The first-order valence-corrected chi connectivity index (χ1v) is 8.61. The first-order chi connectivity index (χ1) is 11.8. The predicted molar refractivity (Wildman–Crippen MR) is 88.2 cm³/mol. The van der Waals surface area contributed by atoms with E-state index in [-0.39, 0.29) is 5.91 Å². The van der Waals surface area contributed by atoms with Gasteiger partial charge in [0, 0.05) is 25.9 Å². The van der Waals surface area contributed by atoms with E-state index in [0.717, 1.165) is 39.0 Å². The van der Waals surface area contributed by atoms with Crippen LogP contribution in [0.5, 0.6) is 0 Å². The van der Waals surface area contributed by atoms with Gasteiger partial charge in [0.05, 0.1) is 6.26 Å². The Labute approximate surface area is 141 Å². The number of furan rings is 1. The molecule has 130 valence electrons. The third kappa shape index (κ3) is 4.23. The number of nitrogens with zero attached hydrogens (tertiary/aromatic N) is 3. The summed E-state index contributed by atoms with van der Waals surface area (Å²) in [5, 5.41) is 7.26. The molecule has 0 radical (unpaired) electrons. The zero-order valence-corrected chi connectivity index (χ0v) is 14.0. The van der Waals surface area contributed by atoms with E-state index in [0.29, 0.717) is 36.2 Å². The Morgan fingerprint density at radius 3 is 2.96 bits per heavy atom. The van der Waals surface area contributed by atoms with Crippen molar-refractivity contribution in [1.82, 2.24) is 20.4 Å². The third-order valence-electron chi connectivity index (χ3n) is 4.41. The highest BCUT2D eigenvalue weighted by molar-refractivity contribution is 5.76. The van der Waals surface area contributed by atoms with Gasteiger partial charge >= 0.3 is 0 Å². The fraction of sp³-hybridized carbons (Fsp3) is 0.588. The molecular formula is C17H24N4O3. The summed E-state index contributed by atoms with van der Waals surface area (Å²) in [6.45, 7) is 5.86. The van der Waals surface area contributed by atoms with Crippen LogP contribution in [0.25, 0.3) is 11.6 Å². The summed E-state index contributed by atoms with van der Waals surface area (Å²) in [6, 6.07) is 3.55. The highest BCUT2D eigenvalue weighted by Crippen LogP contribution is 2.19. The number of aromatic nitrogens is 2. The molecule has 1 fully saturated rings. The van der Waals surface area contributed by atoms with Crippen LogP contribution in [-0.2, 0) is 11.2 Å².